The van der Waals surface area contributed by atoms with Gasteiger partial charge in [0.1, 0.15) is 6.29 Å². The fraction of sp³-hybridized carbons (Fsp3) is 0.462. The van der Waals surface area contributed by atoms with Crippen LogP contribution in [0.15, 0.2) is 18.2 Å². The number of hydrogen-bond acceptors (Lipinski definition) is 4. The second-order valence-electron chi connectivity index (χ2n) is 4.85. The molecule has 0 spiro atoms. The summed E-state index contributed by atoms with van der Waals surface area (Å²) in [5, 5.41) is 10.7. The van der Waals surface area contributed by atoms with Crippen LogP contribution in [0.3, 0.4) is 0 Å². The minimum Gasteiger partial charge on any atom is -0.361 e. The van der Waals surface area contributed by atoms with Crippen LogP contribution in [-0.2, 0) is 11.0 Å². The number of aldehydes is 1. The van der Waals surface area contributed by atoms with Crippen molar-refractivity contribution >= 4 is 17.7 Å². The Morgan fingerprint density at radius 2 is 2.05 bits per heavy atom. The lowest BCUT2D eigenvalue weighted by Gasteiger charge is -2.35. The van der Waals surface area contributed by atoms with Crippen molar-refractivity contribution in [3.8, 4) is 0 Å². The molecule has 1 aromatic rings. The van der Waals surface area contributed by atoms with Gasteiger partial charge in [0, 0.05) is 18.7 Å². The van der Waals surface area contributed by atoms with E-state index in [-0.39, 0.29) is 5.69 Å². The molecule has 0 bridgehead atoms. The van der Waals surface area contributed by atoms with Crippen LogP contribution in [0.5, 0.6) is 0 Å². The number of rotatable bonds is 3. The molecule has 0 radical (unpaired) electrons. The number of piperidine rings is 1. The van der Waals surface area contributed by atoms with E-state index in [4.69, 9.17) is 0 Å². The maximum absolute atomic E-state index is 13.1. The van der Waals surface area contributed by atoms with Crippen molar-refractivity contribution in [2.45, 2.75) is 31.5 Å². The maximum atomic E-state index is 13.1. The third-order valence-corrected chi connectivity index (χ3v) is 3.51. The van der Waals surface area contributed by atoms with E-state index in [2.05, 4.69) is 0 Å². The number of carbonyl (C=O) groups is 1. The first-order chi connectivity index (χ1) is 9.84. The first-order valence-electron chi connectivity index (χ1n) is 6.42. The summed E-state index contributed by atoms with van der Waals surface area (Å²) in [6.07, 6.45) is -2.16. The number of halogens is 3. The molecule has 1 heterocycles. The van der Waals surface area contributed by atoms with Crippen LogP contribution in [0.4, 0.5) is 24.5 Å². The predicted molar refractivity (Wildman–Crippen MR) is 69.1 cm³/mol. The SMILES string of the molecule is O=CC1CCCCN1c1ccc([N+](=O)[O-])cc1C(F)(F)F. The molecule has 0 N–H and O–H groups in total. The number of nitrogens with zero attached hydrogens (tertiary/aromatic N) is 2. The van der Waals surface area contributed by atoms with E-state index in [1.807, 2.05) is 0 Å². The smallest absolute Gasteiger partial charge is 0.361 e. The largest absolute Gasteiger partial charge is 0.418 e. The molecule has 1 saturated heterocycles. The van der Waals surface area contributed by atoms with Gasteiger partial charge in [0.25, 0.3) is 5.69 Å². The van der Waals surface area contributed by atoms with Crippen LogP contribution in [-0.4, -0.2) is 23.8 Å². The van der Waals surface area contributed by atoms with E-state index < -0.39 is 28.4 Å². The van der Waals surface area contributed by atoms with Gasteiger partial charge in [-0.05, 0) is 25.3 Å². The first kappa shape index (κ1) is 15.3. The minimum absolute atomic E-state index is 0.176. The van der Waals surface area contributed by atoms with Gasteiger partial charge >= 0.3 is 6.18 Å². The van der Waals surface area contributed by atoms with E-state index in [0.717, 1.165) is 18.6 Å². The highest BCUT2D eigenvalue weighted by Gasteiger charge is 2.38. The maximum Gasteiger partial charge on any atom is 0.418 e. The van der Waals surface area contributed by atoms with Crippen LogP contribution < -0.4 is 4.90 Å². The van der Waals surface area contributed by atoms with E-state index in [1.165, 1.54) is 4.90 Å². The van der Waals surface area contributed by atoms with Crippen molar-refractivity contribution in [1.82, 2.24) is 0 Å². The quantitative estimate of drug-likeness (QED) is 0.489. The molecular formula is C13H13F3N2O3. The Kier molecular flexibility index (Phi) is 4.15. The summed E-state index contributed by atoms with van der Waals surface area (Å²) in [7, 11) is 0. The summed E-state index contributed by atoms with van der Waals surface area (Å²) in [5.41, 5.74) is -1.87. The molecule has 0 saturated carbocycles. The standard InChI is InChI=1S/C13H13F3N2O3/c14-13(15,16)11-7-9(18(20)21)4-5-12(11)17-6-2-1-3-10(17)8-19/h4-5,7-8,10H,1-3,6H2. The molecule has 21 heavy (non-hydrogen) atoms. The van der Waals surface area contributed by atoms with Gasteiger partial charge < -0.3 is 9.69 Å². The topological polar surface area (TPSA) is 63.5 Å². The number of non-ortho nitro benzene ring substituents is 1. The predicted octanol–water partition coefficient (Wildman–Crippen LogP) is 3.17. The number of anilines is 1. The van der Waals surface area contributed by atoms with Crippen LogP contribution in [0.25, 0.3) is 0 Å². The summed E-state index contributed by atoms with van der Waals surface area (Å²) in [6, 6.07) is 2.00. The lowest BCUT2D eigenvalue weighted by atomic mass is 10.00. The molecule has 1 aromatic carbocycles. The molecule has 8 heteroatoms. The Labute approximate surface area is 118 Å². The third-order valence-electron chi connectivity index (χ3n) is 3.51. The highest BCUT2D eigenvalue weighted by Crippen LogP contribution is 2.40. The summed E-state index contributed by atoms with van der Waals surface area (Å²) < 4.78 is 39.4. The molecule has 114 valence electrons. The number of nitro benzene ring substituents is 1. The molecule has 1 aliphatic rings. The molecule has 0 aromatic heterocycles. The lowest BCUT2D eigenvalue weighted by molar-refractivity contribution is -0.385. The third kappa shape index (κ3) is 3.14. The molecule has 2 rings (SSSR count). The van der Waals surface area contributed by atoms with Gasteiger partial charge in [-0.2, -0.15) is 13.2 Å². The Hall–Kier alpha value is -2.12. The minimum atomic E-state index is -4.72. The van der Waals surface area contributed by atoms with Gasteiger partial charge in [-0.15, -0.1) is 0 Å². The fourth-order valence-electron chi connectivity index (χ4n) is 2.51. The van der Waals surface area contributed by atoms with E-state index >= 15 is 0 Å². The zero-order valence-electron chi connectivity index (χ0n) is 11.0. The molecular weight excluding hydrogens is 289 g/mol. The number of nitro groups is 1. The van der Waals surface area contributed by atoms with Gasteiger partial charge in [0.15, 0.2) is 0 Å². The Balaban J connectivity index is 2.51. The van der Waals surface area contributed by atoms with Gasteiger partial charge in [0.05, 0.1) is 22.2 Å². The van der Waals surface area contributed by atoms with Crippen molar-refractivity contribution in [1.29, 1.82) is 0 Å². The Morgan fingerprint density at radius 3 is 2.62 bits per heavy atom. The van der Waals surface area contributed by atoms with Crippen molar-refractivity contribution in [2.24, 2.45) is 0 Å². The fourth-order valence-corrected chi connectivity index (χ4v) is 2.51. The average molecular weight is 302 g/mol. The second kappa shape index (κ2) is 5.71. The van der Waals surface area contributed by atoms with E-state index in [9.17, 15) is 28.1 Å². The van der Waals surface area contributed by atoms with Gasteiger partial charge in [0.2, 0.25) is 0 Å². The van der Waals surface area contributed by atoms with Crippen LogP contribution in [0, 0.1) is 10.1 Å². The number of hydrogen-bond donors (Lipinski definition) is 0. The van der Waals surface area contributed by atoms with Crippen LogP contribution in [0.2, 0.25) is 0 Å². The highest BCUT2D eigenvalue weighted by molar-refractivity contribution is 5.69. The van der Waals surface area contributed by atoms with Crippen molar-refractivity contribution in [3.05, 3.63) is 33.9 Å². The normalized spacial score (nSPS) is 19.4. The zero-order chi connectivity index (χ0) is 15.6. The number of benzene rings is 1. The highest BCUT2D eigenvalue weighted by atomic mass is 19.4. The second-order valence-corrected chi connectivity index (χ2v) is 4.85. The zero-order valence-corrected chi connectivity index (χ0v) is 11.0. The molecule has 0 aliphatic carbocycles. The van der Waals surface area contributed by atoms with Crippen molar-refractivity contribution in [3.63, 3.8) is 0 Å². The van der Waals surface area contributed by atoms with Gasteiger partial charge in [-0.3, -0.25) is 10.1 Å². The summed E-state index contributed by atoms with van der Waals surface area (Å²) >= 11 is 0. The average Bonchev–Trinajstić information content (AvgIpc) is 2.45. The van der Waals surface area contributed by atoms with Crippen LogP contribution >= 0.6 is 0 Å². The number of alkyl halides is 3. The Morgan fingerprint density at radius 1 is 1.33 bits per heavy atom. The molecule has 1 aliphatic heterocycles. The molecule has 1 fully saturated rings. The first-order valence-corrected chi connectivity index (χ1v) is 6.42. The van der Waals surface area contributed by atoms with Crippen LogP contribution in [0.1, 0.15) is 24.8 Å². The summed E-state index contributed by atoms with van der Waals surface area (Å²) in [5.74, 6) is 0. The molecule has 1 unspecified atom stereocenters. The lowest BCUT2D eigenvalue weighted by Crippen LogP contribution is -2.41. The number of carbonyl (C=O) groups excluding carboxylic acids is 1. The molecule has 1 atom stereocenters. The van der Waals surface area contributed by atoms with E-state index in [0.29, 0.717) is 31.7 Å². The monoisotopic (exact) mass is 302 g/mol. The summed E-state index contributed by atoms with van der Waals surface area (Å²) in [6.45, 7) is 0.324. The summed E-state index contributed by atoms with van der Waals surface area (Å²) in [4.78, 5) is 22.2. The van der Waals surface area contributed by atoms with Gasteiger partial charge in [-0.1, -0.05) is 0 Å². The van der Waals surface area contributed by atoms with E-state index in [1.54, 1.807) is 0 Å². The van der Waals surface area contributed by atoms with Crippen molar-refractivity contribution < 1.29 is 22.9 Å². The van der Waals surface area contributed by atoms with Crippen molar-refractivity contribution in [2.75, 3.05) is 11.4 Å². The van der Waals surface area contributed by atoms with Gasteiger partial charge in [-0.25, -0.2) is 0 Å². The Bertz CT molecular complexity index is 560. The molecule has 5 nitrogen and oxygen atoms in total. The molecule has 0 amide bonds.